The number of nitrogens with one attached hydrogen (secondary N) is 1. The maximum atomic E-state index is 13.9. The average molecular weight is 413 g/mol. The van der Waals surface area contributed by atoms with Crippen LogP contribution >= 0.6 is 0 Å². The number of hydrogen-bond donors (Lipinski definition) is 1. The highest BCUT2D eigenvalue weighted by atomic mass is 19.1. The number of halogens is 1. The summed E-state index contributed by atoms with van der Waals surface area (Å²) in [7, 11) is 0. The number of carbonyl (C=O) groups excluding carboxylic acids is 2. The summed E-state index contributed by atoms with van der Waals surface area (Å²) in [4.78, 5) is 29.5. The fourth-order valence-electron chi connectivity index (χ4n) is 4.95. The quantitative estimate of drug-likeness (QED) is 0.839. The molecular formula is C23H29FN4O2. The zero-order chi connectivity index (χ0) is 21.1. The third-order valence-electron chi connectivity index (χ3n) is 6.75. The van der Waals surface area contributed by atoms with Crippen LogP contribution in [-0.4, -0.2) is 58.0 Å². The molecule has 3 heterocycles. The van der Waals surface area contributed by atoms with Gasteiger partial charge in [0.15, 0.2) is 0 Å². The van der Waals surface area contributed by atoms with E-state index in [0.717, 1.165) is 30.6 Å². The van der Waals surface area contributed by atoms with Crippen molar-refractivity contribution >= 4 is 11.8 Å². The summed E-state index contributed by atoms with van der Waals surface area (Å²) >= 11 is 0. The molecule has 0 aliphatic carbocycles. The third kappa shape index (κ3) is 4.25. The Morgan fingerprint density at radius 1 is 1.13 bits per heavy atom. The second kappa shape index (κ2) is 8.58. The fraction of sp³-hybridized carbons (Fsp3) is 0.522. The van der Waals surface area contributed by atoms with Crippen molar-refractivity contribution in [3.05, 3.63) is 53.6 Å². The minimum Gasteiger partial charge on any atom is -0.343 e. The summed E-state index contributed by atoms with van der Waals surface area (Å²) in [6.07, 6.45) is 5.59. The number of aromatic amines is 1. The number of aromatic nitrogens is 2. The van der Waals surface area contributed by atoms with E-state index in [2.05, 4.69) is 10.2 Å². The highest BCUT2D eigenvalue weighted by molar-refractivity contribution is 5.84. The number of hydrogen-bond acceptors (Lipinski definition) is 3. The van der Waals surface area contributed by atoms with Gasteiger partial charge in [-0.25, -0.2) is 4.39 Å². The minimum absolute atomic E-state index is 0.0510. The zero-order valence-electron chi connectivity index (χ0n) is 17.4. The van der Waals surface area contributed by atoms with Crippen LogP contribution < -0.4 is 0 Å². The molecule has 0 saturated carbocycles. The van der Waals surface area contributed by atoms with E-state index in [1.165, 1.54) is 12.1 Å². The van der Waals surface area contributed by atoms with Crippen LogP contribution in [0.2, 0.25) is 0 Å². The van der Waals surface area contributed by atoms with Crippen LogP contribution in [0.1, 0.15) is 49.8 Å². The molecule has 1 N–H and O–H groups in total. The molecule has 2 aliphatic heterocycles. The molecule has 4 rings (SSSR count). The van der Waals surface area contributed by atoms with Gasteiger partial charge in [0.05, 0.1) is 5.41 Å². The normalized spacial score (nSPS) is 21.5. The smallest absolute Gasteiger partial charge is 0.229 e. The van der Waals surface area contributed by atoms with Crippen LogP contribution in [-0.2, 0) is 16.0 Å². The van der Waals surface area contributed by atoms with Gasteiger partial charge in [-0.15, -0.1) is 0 Å². The van der Waals surface area contributed by atoms with Crippen LogP contribution in [0.5, 0.6) is 0 Å². The summed E-state index contributed by atoms with van der Waals surface area (Å²) in [5.41, 5.74) is 1.48. The Bertz CT molecular complexity index is 873. The molecule has 1 unspecified atom stereocenters. The topological polar surface area (TPSA) is 69.3 Å². The number of benzene rings is 1. The molecule has 160 valence electrons. The van der Waals surface area contributed by atoms with Crippen molar-refractivity contribution in [3.8, 4) is 0 Å². The summed E-state index contributed by atoms with van der Waals surface area (Å²) in [6, 6.07) is 8.43. The Morgan fingerprint density at radius 2 is 1.87 bits per heavy atom. The molecular weight excluding hydrogens is 383 g/mol. The molecule has 0 spiro atoms. The Kier molecular flexibility index (Phi) is 5.88. The van der Waals surface area contributed by atoms with Crippen molar-refractivity contribution in [1.29, 1.82) is 0 Å². The van der Waals surface area contributed by atoms with E-state index in [0.29, 0.717) is 38.9 Å². The lowest BCUT2D eigenvalue weighted by Gasteiger charge is -2.45. The summed E-state index contributed by atoms with van der Waals surface area (Å²) in [6.45, 7) is 4.18. The lowest BCUT2D eigenvalue weighted by Crippen LogP contribution is -2.53. The van der Waals surface area contributed by atoms with Gasteiger partial charge in [0.2, 0.25) is 11.8 Å². The number of rotatable bonds is 4. The van der Waals surface area contributed by atoms with Gasteiger partial charge in [0.25, 0.3) is 0 Å². The van der Waals surface area contributed by atoms with E-state index >= 15 is 0 Å². The molecule has 2 aromatic rings. The predicted octanol–water partition coefficient (Wildman–Crippen LogP) is 3.13. The molecule has 0 radical (unpaired) electrons. The molecule has 1 atom stereocenters. The monoisotopic (exact) mass is 412 g/mol. The first-order valence-corrected chi connectivity index (χ1v) is 10.8. The van der Waals surface area contributed by atoms with Gasteiger partial charge in [0.1, 0.15) is 5.82 Å². The van der Waals surface area contributed by atoms with Gasteiger partial charge in [-0.1, -0.05) is 12.1 Å². The summed E-state index contributed by atoms with van der Waals surface area (Å²) in [5.74, 6) is 0.212. The van der Waals surface area contributed by atoms with Crippen LogP contribution in [0.4, 0.5) is 4.39 Å². The Balaban J connectivity index is 1.56. The molecule has 0 bridgehead atoms. The highest BCUT2D eigenvalue weighted by Crippen LogP contribution is 2.39. The number of piperidine rings is 2. The molecule has 2 aliphatic rings. The van der Waals surface area contributed by atoms with Crippen molar-refractivity contribution in [2.45, 2.75) is 44.9 Å². The summed E-state index contributed by atoms with van der Waals surface area (Å²) in [5, 5.41) is 7.11. The second-order valence-corrected chi connectivity index (χ2v) is 8.69. The van der Waals surface area contributed by atoms with Gasteiger partial charge in [-0.2, -0.15) is 5.10 Å². The fourth-order valence-corrected chi connectivity index (χ4v) is 4.95. The SMILES string of the molecule is CC(=O)N1CCC(Cc2ccc(F)cc2)(C(=O)N2CCCC(c3ccn[nH]3)C2)CC1. The molecule has 2 fully saturated rings. The minimum atomic E-state index is -0.556. The molecule has 30 heavy (non-hydrogen) atoms. The van der Waals surface area contributed by atoms with Crippen molar-refractivity contribution in [2.75, 3.05) is 26.2 Å². The molecule has 1 aromatic carbocycles. The number of likely N-dealkylation sites (tertiary alicyclic amines) is 2. The standard InChI is InChI=1S/C23H29FN4O2/c1-17(29)27-13-9-23(10-14-27,15-18-4-6-20(24)7-5-18)22(30)28-12-2-3-19(16-28)21-8-11-25-26-21/h4-8,11,19H,2-3,9-10,12-16H2,1H3,(H,25,26). The van der Waals surface area contributed by atoms with Crippen molar-refractivity contribution in [2.24, 2.45) is 5.41 Å². The summed E-state index contributed by atoms with van der Waals surface area (Å²) < 4.78 is 13.4. The van der Waals surface area contributed by atoms with E-state index in [-0.39, 0.29) is 23.5 Å². The van der Waals surface area contributed by atoms with Crippen LogP contribution in [0.25, 0.3) is 0 Å². The maximum absolute atomic E-state index is 13.9. The first kappa shape index (κ1) is 20.6. The highest BCUT2D eigenvalue weighted by Gasteiger charge is 2.45. The second-order valence-electron chi connectivity index (χ2n) is 8.69. The zero-order valence-corrected chi connectivity index (χ0v) is 17.4. The van der Waals surface area contributed by atoms with Gasteiger partial charge in [-0.05, 0) is 55.9 Å². The molecule has 1 aromatic heterocycles. The Labute approximate surface area is 176 Å². The van der Waals surface area contributed by atoms with Gasteiger partial charge < -0.3 is 9.80 Å². The third-order valence-corrected chi connectivity index (χ3v) is 6.75. The first-order chi connectivity index (χ1) is 14.5. The number of nitrogens with zero attached hydrogens (tertiary/aromatic N) is 3. The molecule has 6 nitrogen and oxygen atoms in total. The van der Waals surface area contributed by atoms with Gasteiger partial charge >= 0.3 is 0 Å². The van der Waals surface area contributed by atoms with Gasteiger partial charge in [-0.3, -0.25) is 14.7 Å². The van der Waals surface area contributed by atoms with E-state index in [1.807, 2.05) is 15.9 Å². The first-order valence-electron chi connectivity index (χ1n) is 10.8. The van der Waals surface area contributed by atoms with E-state index < -0.39 is 5.41 Å². The maximum Gasteiger partial charge on any atom is 0.229 e. The van der Waals surface area contributed by atoms with Crippen LogP contribution in [0, 0.1) is 11.2 Å². The predicted molar refractivity (Wildman–Crippen MR) is 111 cm³/mol. The number of carbonyl (C=O) groups is 2. The van der Waals surface area contributed by atoms with Crippen molar-refractivity contribution in [1.82, 2.24) is 20.0 Å². The average Bonchev–Trinajstić information content (AvgIpc) is 3.30. The lowest BCUT2D eigenvalue weighted by atomic mass is 9.72. The lowest BCUT2D eigenvalue weighted by molar-refractivity contribution is -0.149. The van der Waals surface area contributed by atoms with Crippen LogP contribution in [0.3, 0.4) is 0 Å². The van der Waals surface area contributed by atoms with Crippen molar-refractivity contribution in [3.63, 3.8) is 0 Å². The van der Waals surface area contributed by atoms with Crippen molar-refractivity contribution < 1.29 is 14.0 Å². The largest absolute Gasteiger partial charge is 0.343 e. The molecule has 2 amide bonds. The number of amides is 2. The number of H-pyrrole nitrogens is 1. The van der Waals surface area contributed by atoms with E-state index in [4.69, 9.17) is 0 Å². The van der Waals surface area contributed by atoms with Gasteiger partial charge in [0, 0.05) is 50.9 Å². The van der Waals surface area contributed by atoms with E-state index in [9.17, 15) is 14.0 Å². The van der Waals surface area contributed by atoms with E-state index in [1.54, 1.807) is 25.3 Å². The Morgan fingerprint density at radius 3 is 2.50 bits per heavy atom. The molecule has 7 heteroatoms. The van der Waals surface area contributed by atoms with Crippen LogP contribution in [0.15, 0.2) is 36.5 Å². The Hall–Kier alpha value is -2.70. The molecule has 2 saturated heterocycles.